The van der Waals surface area contributed by atoms with E-state index < -0.39 is 0 Å². The maximum Gasteiger partial charge on any atom is 0.415 e. The number of pyridine rings is 1. The highest BCUT2D eigenvalue weighted by Gasteiger charge is 2.27. The van der Waals surface area contributed by atoms with E-state index in [1.807, 2.05) is 35.1 Å². The Morgan fingerprint density at radius 2 is 2.04 bits per heavy atom. The van der Waals surface area contributed by atoms with Gasteiger partial charge in [0, 0.05) is 29.9 Å². The molecule has 0 atom stereocenters. The summed E-state index contributed by atoms with van der Waals surface area (Å²) >= 11 is 6.05. The molecule has 4 rings (SSSR count). The van der Waals surface area contributed by atoms with Crippen LogP contribution < -0.4 is 10.6 Å². The molecule has 1 aliphatic rings. The minimum Gasteiger partial charge on any atom is -0.409 e. The Morgan fingerprint density at radius 3 is 2.70 bits per heavy atom. The molecule has 7 nitrogen and oxygen atoms in total. The minimum atomic E-state index is -0.343. The number of piperidine rings is 1. The predicted octanol–water partition coefficient (Wildman–Crippen LogP) is 3.55. The number of benzene rings is 1. The van der Waals surface area contributed by atoms with Crippen molar-refractivity contribution >= 4 is 17.7 Å². The molecule has 0 radical (unpaired) electrons. The van der Waals surface area contributed by atoms with Crippen molar-refractivity contribution in [3.8, 4) is 17.0 Å². The molecule has 0 bridgehead atoms. The molecule has 3 aromatic rings. The molecule has 0 aliphatic carbocycles. The highest BCUT2D eigenvalue weighted by Crippen LogP contribution is 2.29. The third kappa shape index (κ3) is 3.64. The molecule has 1 amide bonds. The van der Waals surface area contributed by atoms with Crippen LogP contribution in [0.3, 0.4) is 0 Å². The lowest BCUT2D eigenvalue weighted by atomic mass is 10.0. The molecule has 1 saturated heterocycles. The third-order valence-electron chi connectivity index (χ3n) is 4.81. The number of hydrogen-bond donors (Lipinski definition) is 1. The molecule has 8 heteroatoms. The average Bonchev–Trinajstić information content (AvgIpc) is 2.68. The van der Waals surface area contributed by atoms with Crippen LogP contribution in [0.25, 0.3) is 11.3 Å². The Bertz CT molecular complexity index is 929. The van der Waals surface area contributed by atoms with Crippen molar-refractivity contribution in [2.24, 2.45) is 0 Å². The van der Waals surface area contributed by atoms with Gasteiger partial charge in [-0.25, -0.2) is 9.59 Å². The van der Waals surface area contributed by atoms with Crippen LogP contribution in [0, 0.1) is 0 Å². The summed E-state index contributed by atoms with van der Waals surface area (Å²) in [5, 5.41) is 0.681. The van der Waals surface area contributed by atoms with Gasteiger partial charge in [0.15, 0.2) is 5.75 Å². The van der Waals surface area contributed by atoms with Crippen LogP contribution in [-0.2, 0) is 0 Å². The molecule has 27 heavy (non-hydrogen) atoms. The van der Waals surface area contributed by atoms with E-state index in [4.69, 9.17) is 22.2 Å². The van der Waals surface area contributed by atoms with Crippen LogP contribution >= 0.6 is 11.6 Å². The fraction of sp³-hybridized carbons (Fsp3) is 0.263. The number of hydrogen-bond acceptors (Lipinski definition) is 4. The van der Waals surface area contributed by atoms with Crippen LogP contribution in [-0.4, -0.2) is 38.5 Å². The summed E-state index contributed by atoms with van der Waals surface area (Å²) in [6.45, 7) is 1.24. The number of carbonyl (C=O) groups is 1. The van der Waals surface area contributed by atoms with Gasteiger partial charge in [-0.1, -0.05) is 23.7 Å². The van der Waals surface area contributed by atoms with Crippen molar-refractivity contribution in [1.29, 1.82) is 0 Å². The summed E-state index contributed by atoms with van der Waals surface area (Å²) in [5.74, 6) is 6.67. The summed E-state index contributed by atoms with van der Waals surface area (Å²) in [5.41, 5.74) is 1.91. The first kappa shape index (κ1) is 17.5. The van der Waals surface area contributed by atoms with E-state index in [1.165, 1.54) is 6.20 Å². The number of ether oxygens (including phenoxy) is 1. The van der Waals surface area contributed by atoms with Gasteiger partial charge >= 0.3 is 6.09 Å². The van der Waals surface area contributed by atoms with Gasteiger partial charge in [0.2, 0.25) is 0 Å². The van der Waals surface area contributed by atoms with E-state index in [1.54, 1.807) is 28.0 Å². The van der Waals surface area contributed by atoms with Gasteiger partial charge in [0.25, 0.3) is 0 Å². The smallest absolute Gasteiger partial charge is 0.409 e. The summed E-state index contributed by atoms with van der Waals surface area (Å²) < 4.78 is 7.36. The first-order valence-corrected chi connectivity index (χ1v) is 9.17. The zero-order valence-electron chi connectivity index (χ0n) is 14.7. The second-order valence-corrected chi connectivity index (χ2v) is 6.96. The number of likely N-dealkylation sites (tertiary alicyclic amines) is 1. The van der Waals surface area contributed by atoms with Crippen LogP contribution in [0.5, 0.6) is 5.75 Å². The van der Waals surface area contributed by atoms with Crippen molar-refractivity contribution in [3.05, 3.63) is 60.0 Å². The van der Waals surface area contributed by atoms with Gasteiger partial charge in [0.05, 0.1) is 18.4 Å². The fourth-order valence-corrected chi connectivity index (χ4v) is 3.53. The van der Waals surface area contributed by atoms with E-state index in [0.29, 0.717) is 23.9 Å². The number of rotatable bonds is 3. The van der Waals surface area contributed by atoms with Crippen molar-refractivity contribution < 1.29 is 9.53 Å². The Labute approximate surface area is 161 Å². The first-order chi connectivity index (χ1) is 13.1. The number of carbonyl (C=O) groups excluding carboxylic acids is 1. The van der Waals surface area contributed by atoms with Gasteiger partial charge in [-0.3, -0.25) is 9.67 Å². The highest BCUT2D eigenvalue weighted by molar-refractivity contribution is 6.30. The zero-order valence-corrected chi connectivity index (χ0v) is 15.4. The fourth-order valence-electron chi connectivity index (χ4n) is 3.34. The van der Waals surface area contributed by atoms with Crippen LogP contribution in [0.2, 0.25) is 5.02 Å². The first-order valence-electron chi connectivity index (χ1n) is 8.79. The van der Waals surface area contributed by atoms with E-state index in [0.717, 1.165) is 24.1 Å². The van der Waals surface area contributed by atoms with E-state index >= 15 is 0 Å². The standard InChI is InChI=1S/C19H20ClN5O2/c20-15-4-1-3-14(11-15)18-13-24(25(18)21)16-6-9-23(10-7-16)19(26)27-17-5-2-8-22-12-17/h1-5,8,11-13,16H,6-7,9-10,21H2. The van der Waals surface area contributed by atoms with Crippen molar-refractivity contribution in [2.75, 3.05) is 18.9 Å². The SMILES string of the molecule is Nn1c(-c2cccc(Cl)c2)cn1C1CCN(C(=O)Oc2cccnc2)CC1. The highest BCUT2D eigenvalue weighted by atomic mass is 35.5. The number of halogens is 1. The molecule has 0 spiro atoms. The second kappa shape index (κ2) is 7.36. The molecule has 140 valence electrons. The number of amides is 1. The molecule has 2 N–H and O–H groups in total. The lowest BCUT2D eigenvalue weighted by Crippen LogP contribution is -2.43. The Kier molecular flexibility index (Phi) is 4.77. The van der Waals surface area contributed by atoms with E-state index in [-0.39, 0.29) is 12.1 Å². The van der Waals surface area contributed by atoms with Gasteiger partial charge in [-0.2, -0.15) is 0 Å². The van der Waals surface area contributed by atoms with Crippen molar-refractivity contribution in [1.82, 2.24) is 19.4 Å². The zero-order chi connectivity index (χ0) is 18.8. The van der Waals surface area contributed by atoms with Gasteiger partial charge in [0.1, 0.15) is 5.69 Å². The minimum absolute atomic E-state index is 0.250. The molecule has 0 saturated carbocycles. The lowest BCUT2D eigenvalue weighted by Gasteiger charge is -2.36. The number of nitrogens with zero attached hydrogens (tertiary/aromatic N) is 4. The molecular weight excluding hydrogens is 366 g/mol. The van der Waals surface area contributed by atoms with Crippen LogP contribution in [0.1, 0.15) is 18.9 Å². The molecule has 1 fully saturated rings. The quantitative estimate of drug-likeness (QED) is 0.699. The lowest BCUT2D eigenvalue weighted by molar-refractivity contribution is 0.127. The van der Waals surface area contributed by atoms with Gasteiger partial charge < -0.3 is 15.5 Å². The van der Waals surface area contributed by atoms with Crippen molar-refractivity contribution in [2.45, 2.75) is 18.9 Å². The Balaban J connectivity index is 1.36. The Hall–Kier alpha value is -2.93. The monoisotopic (exact) mass is 385 g/mol. The topological polar surface area (TPSA) is 78.3 Å². The van der Waals surface area contributed by atoms with Crippen LogP contribution in [0.4, 0.5) is 4.79 Å². The molecule has 0 unspecified atom stereocenters. The molecule has 2 aromatic heterocycles. The van der Waals surface area contributed by atoms with Gasteiger partial charge in [-0.15, -0.1) is 0 Å². The largest absolute Gasteiger partial charge is 0.415 e. The summed E-state index contributed by atoms with van der Waals surface area (Å²) in [7, 11) is 0. The van der Waals surface area contributed by atoms with E-state index in [2.05, 4.69) is 4.98 Å². The summed E-state index contributed by atoms with van der Waals surface area (Å²) in [6, 6.07) is 11.3. The maximum atomic E-state index is 12.3. The van der Waals surface area contributed by atoms with Gasteiger partial charge in [-0.05, 0) is 37.1 Å². The van der Waals surface area contributed by atoms with Crippen molar-refractivity contribution in [3.63, 3.8) is 0 Å². The molecular formula is C19H20ClN5O2. The summed E-state index contributed by atoms with van der Waals surface area (Å²) in [6.07, 6.45) is 6.48. The van der Waals surface area contributed by atoms with Crippen LogP contribution in [0.15, 0.2) is 55.0 Å². The predicted molar refractivity (Wildman–Crippen MR) is 103 cm³/mol. The average molecular weight is 386 g/mol. The molecule has 1 aromatic carbocycles. The maximum absolute atomic E-state index is 12.3. The summed E-state index contributed by atoms with van der Waals surface area (Å²) in [4.78, 5) is 19.6. The normalized spacial score (nSPS) is 15.1. The number of nitrogens with two attached hydrogens (primary N) is 1. The second-order valence-electron chi connectivity index (χ2n) is 6.52. The number of aromatic nitrogens is 3. The Morgan fingerprint density at radius 1 is 1.22 bits per heavy atom. The molecule has 3 heterocycles. The van der Waals surface area contributed by atoms with E-state index in [9.17, 15) is 4.79 Å². The third-order valence-corrected chi connectivity index (χ3v) is 5.04. The molecule has 1 aliphatic heterocycles. The number of nitrogen functional groups attached to an aromatic ring is 1.